The molecule has 0 radical (unpaired) electrons. The fraction of sp³-hybridized carbons (Fsp3) is 0.467. The van der Waals surface area contributed by atoms with E-state index in [2.05, 4.69) is 5.32 Å². The van der Waals surface area contributed by atoms with E-state index in [-0.39, 0.29) is 16.7 Å². The summed E-state index contributed by atoms with van der Waals surface area (Å²) in [5, 5.41) is 3.35. The summed E-state index contributed by atoms with van der Waals surface area (Å²) in [6, 6.07) is 4.59. The zero-order valence-corrected chi connectivity index (χ0v) is 14.0. The van der Waals surface area contributed by atoms with Gasteiger partial charge in [-0.3, -0.25) is 9.59 Å². The zero-order valence-electron chi connectivity index (χ0n) is 12.4. The molecule has 2 heterocycles. The zero-order chi connectivity index (χ0) is 15.9. The fourth-order valence-corrected chi connectivity index (χ4v) is 4.61. The second-order valence-electron chi connectivity index (χ2n) is 5.60. The number of ether oxygens (including phenoxy) is 1. The fourth-order valence-electron chi connectivity index (χ4n) is 3.01. The first-order chi connectivity index (χ1) is 10.4. The molecule has 0 aromatic heterocycles. The molecule has 7 heteroatoms. The minimum absolute atomic E-state index is 0.0470. The molecule has 118 valence electrons. The smallest absolute Gasteiger partial charge is 0.248 e. The molecule has 2 fully saturated rings. The van der Waals surface area contributed by atoms with Crippen LogP contribution in [0.1, 0.15) is 19.8 Å². The van der Waals surface area contributed by atoms with Gasteiger partial charge < -0.3 is 15.0 Å². The number of nitrogens with one attached hydrogen (secondary N) is 1. The van der Waals surface area contributed by atoms with Crippen LogP contribution in [0.5, 0.6) is 5.75 Å². The topological polar surface area (TPSA) is 58.6 Å². The number of carbonyl (C=O) groups is 2. The molecule has 3 rings (SSSR count). The number of thioether (sulfide) groups is 1. The van der Waals surface area contributed by atoms with Gasteiger partial charge in [0.05, 0.1) is 17.7 Å². The lowest BCUT2D eigenvalue weighted by atomic mass is 10.2. The van der Waals surface area contributed by atoms with Crippen LogP contribution in [0.2, 0.25) is 5.02 Å². The molecule has 2 saturated heterocycles. The molecule has 2 atom stereocenters. The van der Waals surface area contributed by atoms with Gasteiger partial charge in [0.25, 0.3) is 0 Å². The number of anilines is 1. The molecule has 1 aromatic carbocycles. The molecule has 1 N–H and O–H groups in total. The molecule has 0 unspecified atom stereocenters. The summed E-state index contributed by atoms with van der Waals surface area (Å²) in [5.74, 6) is 0.994. The van der Waals surface area contributed by atoms with Crippen LogP contribution < -0.4 is 10.1 Å². The Morgan fingerprint density at radius 2 is 2.32 bits per heavy atom. The van der Waals surface area contributed by atoms with E-state index in [1.807, 2.05) is 6.92 Å². The van der Waals surface area contributed by atoms with Crippen molar-refractivity contribution in [3.05, 3.63) is 23.2 Å². The SMILES string of the molecule is COc1ccc(Cl)cc1NC(=O)[C@H]1CS[C@]2(C)CCC(=O)N12. The van der Waals surface area contributed by atoms with Crippen LogP contribution in [0.15, 0.2) is 18.2 Å². The number of methoxy groups -OCH3 is 1. The molecule has 0 saturated carbocycles. The first-order valence-corrected chi connectivity index (χ1v) is 8.41. The molecular formula is C15H17ClN2O3S. The van der Waals surface area contributed by atoms with E-state index in [1.165, 1.54) is 7.11 Å². The van der Waals surface area contributed by atoms with Gasteiger partial charge in [-0.05, 0) is 31.5 Å². The Balaban J connectivity index is 1.81. The van der Waals surface area contributed by atoms with Gasteiger partial charge in [-0.2, -0.15) is 0 Å². The van der Waals surface area contributed by atoms with Crippen molar-refractivity contribution in [1.29, 1.82) is 0 Å². The number of halogens is 1. The largest absolute Gasteiger partial charge is 0.495 e. The second-order valence-corrected chi connectivity index (χ2v) is 7.54. The highest BCUT2D eigenvalue weighted by atomic mass is 35.5. The standard InChI is InChI=1S/C15H17ClN2O3S/c1-15-6-5-13(19)18(15)11(8-22-15)14(20)17-10-7-9(16)3-4-12(10)21-2/h3-4,7,11H,5-6,8H2,1-2H3,(H,17,20)/t11-,15-/m1/s1. The van der Waals surface area contributed by atoms with E-state index in [0.29, 0.717) is 28.6 Å². The average molecular weight is 341 g/mol. The van der Waals surface area contributed by atoms with Gasteiger partial charge in [-0.15, -0.1) is 11.8 Å². The van der Waals surface area contributed by atoms with Gasteiger partial charge in [-0.1, -0.05) is 11.6 Å². The minimum atomic E-state index is -0.450. The van der Waals surface area contributed by atoms with Crippen molar-refractivity contribution in [3.8, 4) is 5.75 Å². The van der Waals surface area contributed by atoms with E-state index < -0.39 is 6.04 Å². The highest BCUT2D eigenvalue weighted by molar-refractivity contribution is 8.01. The molecule has 2 aliphatic rings. The highest BCUT2D eigenvalue weighted by Gasteiger charge is 2.52. The number of hydrogen-bond donors (Lipinski definition) is 1. The maximum atomic E-state index is 12.6. The maximum absolute atomic E-state index is 12.6. The van der Waals surface area contributed by atoms with Crippen molar-refractivity contribution in [2.45, 2.75) is 30.7 Å². The number of rotatable bonds is 3. The first-order valence-electron chi connectivity index (χ1n) is 7.05. The van der Waals surface area contributed by atoms with Gasteiger partial charge in [-0.25, -0.2) is 0 Å². The summed E-state index contributed by atoms with van der Waals surface area (Å²) in [7, 11) is 1.53. The number of amides is 2. The number of fused-ring (bicyclic) bond motifs is 1. The van der Waals surface area contributed by atoms with Crippen LogP contribution in [0.3, 0.4) is 0 Å². The van der Waals surface area contributed by atoms with Gasteiger partial charge in [0, 0.05) is 17.2 Å². The van der Waals surface area contributed by atoms with Crippen molar-refractivity contribution < 1.29 is 14.3 Å². The van der Waals surface area contributed by atoms with Gasteiger partial charge in [0.1, 0.15) is 11.8 Å². The number of nitrogens with zero attached hydrogens (tertiary/aromatic N) is 1. The summed E-state index contributed by atoms with van der Waals surface area (Å²) in [6.45, 7) is 2.02. The Morgan fingerprint density at radius 1 is 1.55 bits per heavy atom. The quantitative estimate of drug-likeness (QED) is 0.919. The average Bonchev–Trinajstić information content (AvgIpc) is 2.96. The second kappa shape index (κ2) is 5.66. The lowest BCUT2D eigenvalue weighted by Crippen LogP contribution is -2.48. The Bertz CT molecular complexity index is 639. The van der Waals surface area contributed by atoms with Crippen molar-refractivity contribution in [2.75, 3.05) is 18.2 Å². The molecule has 0 spiro atoms. The Kier molecular flexibility index (Phi) is 3.99. The van der Waals surface area contributed by atoms with Gasteiger partial charge in [0.2, 0.25) is 11.8 Å². The van der Waals surface area contributed by atoms with Gasteiger partial charge >= 0.3 is 0 Å². The van der Waals surface area contributed by atoms with E-state index >= 15 is 0 Å². The Morgan fingerprint density at radius 3 is 3.05 bits per heavy atom. The van der Waals surface area contributed by atoms with Gasteiger partial charge in [0.15, 0.2) is 0 Å². The number of hydrogen-bond acceptors (Lipinski definition) is 4. The molecular weight excluding hydrogens is 324 g/mol. The molecule has 0 aliphatic carbocycles. The summed E-state index contributed by atoms with van der Waals surface area (Å²) < 4.78 is 5.23. The molecule has 1 aromatic rings. The summed E-state index contributed by atoms with van der Waals surface area (Å²) in [5.41, 5.74) is 0.519. The molecule has 2 aliphatic heterocycles. The van der Waals surface area contributed by atoms with E-state index in [0.717, 1.165) is 6.42 Å². The van der Waals surface area contributed by atoms with Crippen LogP contribution in [0.4, 0.5) is 5.69 Å². The maximum Gasteiger partial charge on any atom is 0.248 e. The van der Waals surface area contributed by atoms with Crippen molar-refractivity contribution >= 4 is 40.9 Å². The van der Waals surface area contributed by atoms with Crippen LogP contribution >= 0.6 is 23.4 Å². The summed E-state index contributed by atoms with van der Waals surface area (Å²) >= 11 is 7.64. The van der Waals surface area contributed by atoms with Crippen LogP contribution in [0, 0.1) is 0 Å². The number of carbonyl (C=O) groups excluding carboxylic acids is 2. The van der Waals surface area contributed by atoms with Crippen LogP contribution in [-0.4, -0.2) is 40.5 Å². The summed E-state index contributed by atoms with van der Waals surface area (Å²) in [6.07, 6.45) is 1.30. The molecule has 0 bridgehead atoms. The molecule has 5 nitrogen and oxygen atoms in total. The highest BCUT2D eigenvalue weighted by Crippen LogP contribution is 2.47. The van der Waals surface area contributed by atoms with Crippen molar-refractivity contribution in [1.82, 2.24) is 4.90 Å². The Hall–Kier alpha value is -1.40. The third-order valence-corrected chi connectivity index (χ3v) is 5.91. The van der Waals surface area contributed by atoms with Crippen LogP contribution in [-0.2, 0) is 9.59 Å². The monoisotopic (exact) mass is 340 g/mol. The van der Waals surface area contributed by atoms with E-state index in [1.54, 1.807) is 34.9 Å². The third-order valence-electron chi connectivity index (χ3n) is 4.17. The first kappa shape index (κ1) is 15.5. The summed E-state index contributed by atoms with van der Waals surface area (Å²) in [4.78, 5) is 26.2. The predicted molar refractivity (Wildman–Crippen MR) is 87.4 cm³/mol. The molecule has 22 heavy (non-hydrogen) atoms. The van der Waals surface area contributed by atoms with Crippen LogP contribution in [0.25, 0.3) is 0 Å². The molecule has 2 amide bonds. The van der Waals surface area contributed by atoms with Crippen molar-refractivity contribution in [2.24, 2.45) is 0 Å². The van der Waals surface area contributed by atoms with E-state index in [4.69, 9.17) is 16.3 Å². The van der Waals surface area contributed by atoms with E-state index in [9.17, 15) is 9.59 Å². The minimum Gasteiger partial charge on any atom is -0.495 e. The lowest BCUT2D eigenvalue weighted by molar-refractivity contribution is -0.135. The number of benzene rings is 1. The Labute approximate surface area is 138 Å². The van der Waals surface area contributed by atoms with Crippen molar-refractivity contribution in [3.63, 3.8) is 0 Å². The predicted octanol–water partition coefficient (Wildman–Crippen LogP) is 2.74. The third kappa shape index (κ3) is 2.54. The lowest BCUT2D eigenvalue weighted by Gasteiger charge is -2.30. The normalized spacial score (nSPS) is 27.0.